The van der Waals surface area contributed by atoms with Crippen molar-refractivity contribution < 1.29 is 31.1 Å². The van der Waals surface area contributed by atoms with E-state index in [-0.39, 0.29) is 16.8 Å². The van der Waals surface area contributed by atoms with Gasteiger partial charge in [-0.05, 0) is 58.9 Å². The van der Waals surface area contributed by atoms with Crippen LogP contribution in [0.2, 0.25) is 0 Å². The van der Waals surface area contributed by atoms with Crippen molar-refractivity contribution >= 4 is 43.3 Å². The monoisotopic (exact) mass is 539 g/mol. The second-order valence-electron chi connectivity index (χ2n) is 7.27. The zero-order valence-corrected chi connectivity index (χ0v) is 18.0. The largest absolute Gasteiger partial charge is 0.416 e. The van der Waals surface area contributed by atoms with Crippen LogP contribution in [-0.2, 0) is 11.0 Å². The Morgan fingerprint density at radius 1 is 1.03 bits per heavy atom. The van der Waals surface area contributed by atoms with Crippen LogP contribution in [0, 0.1) is 5.41 Å². The Balaban J connectivity index is 2.40. The van der Waals surface area contributed by atoms with Gasteiger partial charge in [-0.25, -0.2) is 0 Å². The molecule has 0 aliphatic carbocycles. The number of hydrogen-bond donors (Lipinski definition) is 0. The second-order valence-corrected chi connectivity index (χ2v) is 8.35. The lowest BCUT2D eigenvalue weighted by atomic mass is 9.70. The third-order valence-electron chi connectivity index (χ3n) is 5.08. The quantitative estimate of drug-likeness (QED) is 0.299. The van der Waals surface area contributed by atoms with Crippen LogP contribution in [0.25, 0.3) is 9.15 Å². The van der Waals surface area contributed by atoms with Gasteiger partial charge in [0.15, 0.2) is 0 Å². The lowest BCUT2D eigenvalue weighted by Crippen LogP contribution is -2.47. The number of amides is 1. The molecule has 0 bridgehead atoms. The van der Waals surface area contributed by atoms with Crippen molar-refractivity contribution in [3.63, 3.8) is 0 Å². The van der Waals surface area contributed by atoms with E-state index in [0.717, 1.165) is 30.0 Å². The number of hydrogen-bond acceptors (Lipinski definition) is 1. The van der Waals surface area contributed by atoms with Crippen molar-refractivity contribution in [2.24, 2.45) is 5.41 Å². The first-order valence-corrected chi connectivity index (χ1v) is 9.86. The van der Waals surface area contributed by atoms with Gasteiger partial charge in [-0.3, -0.25) is 4.79 Å². The van der Waals surface area contributed by atoms with E-state index in [0.29, 0.717) is 9.14 Å². The number of alkyl halides is 6. The molecule has 0 spiro atoms. The van der Waals surface area contributed by atoms with Gasteiger partial charge in [0.1, 0.15) is 0 Å². The maximum Gasteiger partial charge on any atom is 0.416 e. The van der Waals surface area contributed by atoms with E-state index in [1.807, 2.05) is 22.6 Å². The third-order valence-corrected chi connectivity index (χ3v) is 6.25. The van der Waals surface area contributed by atoms with Gasteiger partial charge in [0.2, 0.25) is 5.91 Å². The van der Waals surface area contributed by atoms with E-state index in [1.54, 1.807) is 30.3 Å². The molecule has 0 radical (unpaired) electrons. The number of carbonyl (C=O) groups excluding carboxylic acids is 1. The molecule has 3 rings (SSSR count). The number of halogens is 7. The fourth-order valence-electron chi connectivity index (χ4n) is 3.74. The fourth-order valence-corrected chi connectivity index (χ4v) is 4.99. The molecule has 160 valence electrons. The summed E-state index contributed by atoms with van der Waals surface area (Å²) in [4.78, 5) is 14.1. The molecule has 1 atom stereocenters. The van der Waals surface area contributed by atoms with Crippen molar-refractivity contribution in [3.8, 4) is 0 Å². The van der Waals surface area contributed by atoms with E-state index in [1.165, 1.54) is 7.05 Å². The third kappa shape index (κ3) is 4.08. The highest BCUT2D eigenvalue weighted by atomic mass is 127. The van der Waals surface area contributed by atoms with Gasteiger partial charge in [-0.1, -0.05) is 30.3 Å². The van der Waals surface area contributed by atoms with Gasteiger partial charge < -0.3 is 4.90 Å². The molecule has 1 aliphatic heterocycles. The lowest BCUT2D eigenvalue weighted by Gasteiger charge is -2.42. The summed E-state index contributed by atoms with van der Waals surface area (Å²) in [7, 11) is 1.27. The first-order chi connectivity index (χ1) is 13.8. The summed E-state index contributed by atoms with van der Waals surface area (Å²) in [6, 6.07) is 11.1. The SMILES string of the molecule is CN1C(=O)[C@](C)(CC(F)(F)F)/C(=C(/I)c2ccccc2)c2cc(C(F)(F)F)ccc21. The van der Waals surface area contributed by atoms with Gasteiger partial charge in [-0.15, -0.1) is 0 Å². The van der Waals surface area contributed by atoms with Crippen molar-refractivity contribution in [1.82, 2.24) is 0 Å². The molecule has 0 N–H and O–H groups in total. The molecule has 1 heterocycles. The maximum absolute atomic E-state index is 13.5. The Morgan fingerprint density at radius 3 is 2.17 bits per heavy atom. The predicted octanol–water partition coefficient (Wildman–Crippen LogP) is 6.94. The van der Waals surface area contributed by atoms with E-state index < -0.39 is 35.7 Å². The van der Waals surface area contributed by atoms with Crippen LogP contribution in [-0.4, -0.2) is 19.1 Å². The summed E-state index contributed by atoms with van der Waals surface area (Å²) in [5.41, 5.74) is -2.53. The Hall–Kier alpha value is -2.04. The maximum atomic E-state index is 13.5. The van der Waals surface area contributed by atoms with Gasteiger partial charge in [-0.2, -0.15) is 26.3 Å². The number of fused-ring (bicyclic) bond motifs is 1. The summed E-state index contributed by atoms with van der Waals surface area (Å²) in [6.07, 6.45) is -10.9. The molecule has 9 heteroatoms. The minimum Gasteiger partial charge on any atom is -0.314 e. The second kappa shape index (κ2) is 7.58. The molecule has 0 unspecified atom stereocenters. The molecule has 1 aliphatic rings. The van der Waals surface area contributed by atoms with Crippen molar-refractivity contribution in [2.75, 3.05) is 11.9 Å². The number of nitrogens with zero attached hydrogens (tertiary/aromatic N) is 1. The zero-order chi connectivity index (χ0) is 22.5. The summed E-state index contributed by atoms with van der Waals surface area (Å²) >= 11 is 1.81. The summed E-state index contributed by atoms with van der Waals surface area (Å²) < 4.78 is 80.9. The molecule has 2 nitrogen and oxygen atoms in total. The zero-order valence-electron chi connectivity index (χ0n) is 15.8. The van der Waals surface area contributed by atoms with Crippen molar-refractivity contribution in [1.29, 1.82) is 0 Å². The molecule has 1 amide bonds. The van der Waals surface area contributed by atoms with Crippen LogP contribution in [0.1, 0.15) is 30.0 Å². The average molecular weight is 539 g/mol. The molecule has 2 aromatic rings. The molecule has 0 saturated heterocycles. The highest BCUT2D eigenvalue weighted by molar-refractivity contribution is 14.1. The van der Waals surface area contributed by atoms with Crippen LogP contribution in [0.15, 0.2) is 48.5 Å². The summed E-state index contributed by atoms with van der Waals surface area (Å²) in [5, 5.41) is 0. The van der Waals surface area contributed by atoms with E-state index in [9.17, 15) is 31.1 Å². The van der Waals surface area contributed by atoms with Crippen LogP contribution in [0.5, 0.6) is 0 Å². The molecule has 0 fully saturated rings. The number of carbonyl (C=O) groups is 1. The first kappa shape index (κ1) is 22.6. The Bertz CT molecular complexity index is 1010. The molecule has 2 aromatic carbocycles. The summed E-state index contributed by atoms with van der Waals surface area (Å²) in [6.45, 7) is 1.14. The minimum atomic E-state index is -4.71. The van der Waals surface area contributed by atoms with Gasteiger partial charge >= 0.3 is 12.4 Å². The van der Waals surface area contributed by atoms with Crippen molar-refractivity contribution in [3.05, 3.63) is 65.2 Å². The van der Waals surface area contributed by atoms with Gasteiger partial charge in [0, 0.05) is 16.2 Å². The normalized spacial score (nSPS) is 21.5. The minimum absolute atomic E-state index is 0.0353. The van der Waals surface area contributed by atoms with E-state index >= 15 is 0 Å². The number of anilines is 1. The fraction of sp³-hybridized carbons (Fsp3) is 0.286. The van der Waals surface area contributed by atoms with Gasteiger partial charge in [0.05, 0.1) is 23.1 Å². The summed E-state index contributed by atoms with van der Waals surface area (Å²) in [5.74, 6) is -0.827. The Labute approximate surface area is 182 Å². The first-order valence-electron chi connectivity index (χ1n) is 8.78. The molecule has 0 aromatic heterocycles. The number of benzene rings is 2. The number of rotatable bonds is 2. The Morgan fingerprint density at radius 2 is 1.63 bits per heavy atom. The van der Waals surface area contributed by atoms with E-state index in [4.69, 9.17) is 0 Å². The lowest BCUT2D eigenvalue weighted by molar-refractivity contribution is -0.158. The van der Waals surface area contributed by atoms with E-state index in [2.05, 4.69) is 0 Å². The van der Waals surface area contributed by atoms with Crippen LogP contribution < -0.4 is 4.90 Å². The average Bonchev–Trinajstić information content (AvgIpc) is 2.64. The standard InChI is InChI=1S/C21H16F6INO/c1-19(11-20(22,23)24)16(17(28)12-6-4-3-5-7-12)14-10-13(21(25,26)27)8-9-15(14)29(2)18(19)30/h3-10H,11H2,1-2H3/b17-16+/t19-/m1/s1. The topological polar surface area (TPSA) is 20.3 Å². The molecular weight excluding hydrogens is 523 g/mol. The van der Waals surface area contributed by atoms with Gasteiger partial charge in [0.25, 0.3) is 0 Å². The van der Waals surface area contributed by atoms with Crippen molar-refractivity contribution in [2.45, 2.75) is 25.7 Å². The highest BCUT2D eigenvalue weighted by Crippen LogP contribution is 2.55. The smallest absolute Gasteiger partial charge is 0.314 e. The predicted molar refractivity (Wildman–Crippen MR) is 111 cm³/mol. The van der Waals surface area contributed by atoms with Crippen LogP contribution >= 0.6 is 22.6 Å². The highest BCUT2D eigenvalue weighted by Gasteiger charge is 2.52. The Kier molecular flexibility index (Phi) is 5.72. The molecule has 0 saturated carbocycles. The molecule has 30 heavy (non-hydrogen) atoms. The van der Waals surface area contributed by atoms with Crippen LogP contribution in [0.4, 0.5) is 32.0 Å². The molecular formula is C21H16F6INO. The van der Waals surface area contributed by atoms with Crippen LogP contribution in [0.3, 0.4) is 0 Å².